The van der Waals surface area contributed by atoms with Gasteiger partial charge >= 0.3 is 0 Å². The van der Waals surface area contributed by atoms with E-state index in [1.165, 1.54) is 6.07 Å². The monoisotopic (exact) mass is 330 g/mol. The van der Waals surface area contributed by atoms with Gasteiger partial charge in [-0.05, 0) is 30.3 Å². The van der Waals surface area contributed by atoms with Crippen LogP contribution >= 0.6 is 0 Å². The number of rotatable bonds is 2. The number of nitrogens with two attached hydrogens (primary N) is 1. The van der Waals surface area contributed by atoms with Crippen molar-refractivity contribution in [3.05, 3.63) is 82.9 Å². The van der Waals surface area contributed by atoms with Gasteiger partial charge in [-0.15, -0.1) is 0 Å². The fourth-order valence-electron chi connectivity index (χ4n) is 3.08. The van der Waals surface area contributed by atoms with Crippen LogP contribution in [0, 0.1) is 0 Å². The first-order chi connectivity index (χ1) is 12.1. The lowest BCUT2D eigenvalue weighted by molar-refractivity contribution is 0.0977. The fourth-order valence-corrected chi connectivity index (χ4v) is 3.08. The van der Waals surface area contributed by atoms with E-state index in [9.17, 15) is 14.7 Å². The van der Waals surface area contributed by atoms with Crippen LogP contribution < -0.4 is 11.1 Å². The van der Waals surface area contributed by atoms with E-state index in [-0.39, 0.29) is 28.4 Å². The molecule has 122 valence electrons. The molecule has 4 rings (SSSR count). The average molecular weight is 330 g/mol. The van der Waals surface area contributed by atoms with Crippen LogP contribution in [0.3, 0.4) is 0 Å². The van der Waals surface area contributed by atoms with Crippen LogP contribution in [0.5, 0.6) is 5.75 Å². The summed E-state index contributed by atoms with van der Waals surface area (Å²) >= 11 is 0. The molecule has 0 spiro atoms. The summed E-state index contributed by atoms with van der Waals surface area (Å²) < 4.78 is 0. The lowest BCUT2D eigenvalue weighted by atomic mass is 9.82. The molecule has 0 heterocycles. The summed E-state index contributed by atoms with van der Waals surface area (Å²) in [4.78, 5) is 25.7. The Labute approximate surface area is 143 Å². The highest BCUT2D eigenvalue weighted by molar-refractivity contribution is 6.31. The first-order valence-corrected chi connectivity index (χ1v) is 7.73. The highest BCUT2D eigenvalue weighted by atomic mass is 16.3. The first kappa shape index (κ1) is 15.0. The van der Waals surface area contributed by atoms with E-state index < -0.39 is 0 Å². The molecule has 0 fully saturated rings. The zero-order chi connectivity index (χ0) is 17.6. The summed E-state index contributed by atoms with van der Waals surface area (Å²) in [6.07, 6.45) is 0. The van der Waals surface area contributed by atoms with E-state index in [2.05, 4.69) is 5.32 Å². The van der Waals surface area contributed by atoms with E-state index in [1.807, 2.05) is 0 Å². The molecule has 0 radical (unpaired) electrons. The number of anilines is 3. The zero-order valence-corrected chi connectivity index (χ0v) is 13.1. The molecule has 3 aromatic rings. The van der Waals surface area contributed by atoms with Crippen LogP contribution in [0.25, 0.3) is 0 Å². The standard InChI is InChI=1S/C20H14N2O3/c21-11-4-3-5-12(10-11)22-15-8-9-16(23)18-17(15)19(24)13-6-1-2-7-14(13)20(18)25/h1-10,22-23H,21H2. The third-order valence-corrected chi connectivity index (χ3v) is 4.22. The van der Waals surface area contributed by atoms with Crippen molar-refractivity contribution < 1.29 is 14.7 Å². The summed E-state index contributed by atoms with van der Waals surface area (Å²) in [5, 5.41) is 13.3. The Kier molecular flexibility index (Phi) is 3.28. The van der Waals surface area contributed by atoms with Gasteiger partial charge in [0.05, 0.1) is 16.8 Å². The van der Waals surface area contributed by atoms with Crippen molar-refractivity contribution in [3.63, 3.8) is 0 Å². The lowest BCUT2D eigenvalue weighted by Gasteiger charge is -2.21. The van der Waals surface area contributed by atoms with Crippen LogP contribution in [0.4, 0.5) is 17.1 Å². The summed E-state index contributed by atoms with van der Waals surface area (Å²) in [5.74, 6) is -0.868. The molecule has 0 atom stereocenters. The second-order valence-electron chi connectivity index (χ2n) is 5.84. The number of hydrogen-bond acceptors (Lipinski definition) is 5. The summed E-state index contributed by atoms with van der Waals surface area (Å²) in [6.45, 7) is 0. The Morgan fingerprint density at radius 3 is 2.16 bits per heavy atom. The van der Waals surface area contributed by atoms with E-state index in [4.69, 9.17) is 5.73 Å². The molecule has 0 aromatic heterocycles. The van der Waals surface area contributed by atoms with Crippen LogP contribution in [-0.4, -0.2) is 16.7 Å². The minimum atomic E-state index is -0.362. The number of phenolic OH excluding ortho intramolecular Hbond substituents is 1. The van der Waals surface area contributed by atoms with Gasteiger partial charge in [-0.1, -0.05) is 30.3 Å². The van der Waals surface area contributed by atoms with Gasteiger partial charge in [0.2, 0.25) is 0 Å². The molecular weight excluding hydrogens is 316 g/mol. The smallest absolute Gasteiger partial charge is 0.198 e. The van der Waals surface area contributed by atoms with Crippen molar-refractivity contribution >= 4 is 28.6 Å². The molecule has 0 bridgehead atoms. The maximum atomic E-state index is 13.0. The Balaban J connectivity index is 1.90. The van der Waals surface area contributed by atoms with Crippen molar-refractivity contribution in [2.75, 3.05) is 11.1 Å². The maximum Gasteiger partial charge on any atom is 0.198 e. The number of benzene rings is 3. The highest BCUT2D eigenvalue weighted by Crippen LogP contribution is 2.38. The number of hydrogen-bond donors (Lipinski definition) is 3. The van der Waals surface area contributed by atoms with Gasteiger partial charge in [0.1, 0.15) is 5.75 Å². The predicted octanol–water partition coefficient (Wildman–Crippen LogP) is 3.49. The van der Waals surface area contributed by atoms with Gasteiger partial charge in [0.15, 0.2) is 11.6 Å². The molecule has 5 nitrogen and oxygen atoms in total. The fraction of sp³-hybridized carbons (Fsp3) is 0. The molecule has 0 saturated heterocycles. The molecule has 3 aromatic carbocycles. The molecule has 0 amide bonds. The number of carbonyl (C=O) groups is 2. The molecule has 1 aliphatic carbocycles. The second-order valence-corrected chi connectivity index (χ2v) is 5.84. The summed E-state index contributed by atoms with van der Waals surface area (Å²) in [5.41, 5.74) is 8.33. The largest absolute Gasteiger partial charge is 0.507 e. The number of aromatic hydroxyl groups is 1. The molecule has 25 heavy (non-hydrogen) atoms. The van der Waals surface area contributed by atoms with Crippen LogP contribution in [0.15, 0.2) is 60.7 Å². The number of phenols is 1. The normalized spacial score (nSPS) is 12.5. The van der Waals surface area contributed by atoms with Crippen molar-refractivity contribution in [3.8, 4) is 5.75 Å². The van der Waals surface area contributed by atoms with Gasteiger partial charge in [-0.3, -0.25) is 9.59 Å². The molecule has 4 N–H and O–H groups in total. The van der Waals surface area contributed by atoms with Crippen LogP contribution in [0.2, 0.25) is 0 Å². The van der Waals surface area contributed by atoms with Gasteiger partial charge in [-0.2, -0.15) is 0 Å². The van der Waals surface area contributed by atoms with Gasteiger partial charge in [0, 0.05) is 22.5 Å². The Bertz CT molecular complexity index is 1040. The van der Waals surface area contributed by atoms with Gasteiger partial charge < -0.3 is 16.2 Å². The molecular formula is C20H14N2O3. The number of fused-ring (bicyclic) bond motifs is 2. The van der Waals surface area contributed by atoms with Crippen LogP contribution in [-0.2, 0) is 0 Å². The third-order valence-electron chi connectivity index (χ3n) is 4.22. The molecule has 1 aliphatic rings. The molecule has 0 unspecified atom stereocenters. The lowest BCUT2D eigenvalue weighted by Crippen LogP contribution is -2.22. The Morgan fingerprint density at radius 2 is 1.48 bits per heavy atom. The van der Waals surface area contributed by atoms with Crippen molar-refractivity contribution in [1.82, 2.24) is 0 Å². The minimum Gasteiger partial charge on any atom is -0.507 e. The Hall–Kier alpha value is -3.60. The average Bonchev–Trinajstić information content (AvgIpc) is 2.61. The number of ketones is 2. The third kappa shape index (κ3) is 2.33. The topological polar surface area (TPSA) is 92.4 Å². The van der Waals surface area contributed by atoms with E-state index in [0.717, 1.165) is 0 Å². The SMILES string of the molecule is Nc1cccc(Nc2ccc(O)c3c2C(=O)c2ccccc2C3=O)c1. The summed E-state index contributed by atoms with van der Waals surface area (Å²) in [6, 6.07) is 16.7. The number of nitrogens with one attached hydrogen (secondary N) is 1. The van der Waals surface area contributed by atoms with E-state index in [1.54, 1.807) is 54.6 Å². The minimum absolute atomic E-state index is 0.0256. The van der Waals surface area contributed by atoms with Crippen molar-refractivity contribution in [2.24, 2.45) is 0 Å². The second kappa shape index (κ2) is 5.49. The van der Waals surface area contributed by atoms with Gasteiger partial charge in [0.25, 0.3) is 0 Å². The van der Waals surface area contributed by atoms with Crippen LogP contribution in [0.1, 0.15) is 31.8 Å². The summed E-state index contributed by atoms with van der Waals surface area (Å²) in [7, 11) is 0. The van der Waals surface area contributed by atoms with Crippen molar-refractivity contribution in [2.45, 2.75) is 0 Å². The predicted molar refractivity (Wildman–Crippen MR) is 95.6 cm³/mol. The Morgan fingerprint density at radius 1 is 0.800 bits per heavy atom. The zero-order valence-electron chi connectivity index (χ0n) is 13.1. The van der Waals surface area contributed by atoms with Gasteiger partial charge in [-0.25, -0.2) is 0 Å². The maximum absolute atomic E-state index is 13.0. The van der Waals surface area contributed by atoms with E-state index >= 15 is 0 Å². The quantitative estimate of drug-likeness (QED) is 0.386. The van der Waals surface area contributed by atoms with E-state index in [0.29, 0.717) is 28.2 Å². The first-order valence-electron chi connectivity index (χ1n) is 7.73. The molecule has 0 aliphatic heterocycles. The highest BCUT2D eigenvalue weighted by Gasteiger charge is 2.33. The molecule has 0 saturated carbocycles. The number of nitrogen functional groups attached to an aromatic ring is 1. The molecule has 5 heteroatoms. The number of carbonyl (C=O) groups excluding carboxylic acids is 2. The van der Waals surface area contributed by atoms with Crippen molar-refractivity contribution in [1.29, 1.82) is 0 Å².